The summed E-state index contributed by atoms with van der Waals surface area (Å²) in [6.07, 6.45) is 3.85. The Morgan fingerprint density at radius 1 is 0.960 bits per heavy atom. The number of benzene rings is 2. The zero-order valence-corrected chi connectivity index (χ0v) is 14.1. The van der Waals surface area contributed by atoms with Crippen molar-refractivity contribution in [1.82, 2.24) is 4.98 Å². The minimum absolute atomic E-state index is 0.175. The van der Waals surface area contributed by atoms with Crippen LogP contribution in [0.1, 0.15) is 18.1 Å². The molecule has 1 N–H and O–H groups in total. The normalized spacial score (nSPS) is 11.6. The van der Waals surface area contributed by atoms with Gasteiger partial charge in [-0.05, 0) is 60.9 Å². The molecule has 4 heteroatoms. The molecule has 0 aliphatic rings. The topological polar surface area (TPSA) is 51.2 Å². The fourth-order valence-electron chi connectivity index (χ4n) is 2.44. The van der Waals surface area contributed by atoms with E-state index in [0.29, 0.717) is 5.75 Å². The van der Waals surface area contributed by atoms with E-state index in [1.165, 1.54) is 11.1 Å². The van der Waals surface area contributed by atoms with E-state index in [1.807, 2.05) is 66.7 Å². The predicted octanol–water partition coefficient (Wildman–Crippen LogP) is 4.08. The molecule has 0 spiro atoms. The van der Waals surface area contributed by atoms with Crippen LogP contribution in [0.2, 0.25) is 0 Å². The number of aromatic nitrogens is 1. The van der Waals surface area contributed by atoms with Gasteiger partial charge in [-0.25, -0.2) is 0 Å². The summed E-state index contributed by atoms with van der Waals surface area (Å²) in [5.74, 6) is 0.503. The van der Waals surface area contributed by atoms with Crippen LogP contribution in [-0.2, 0) is 11.2 Å². The van der Waals surface area contributed by atoms with Crippen LogP contribution >= 0.6 is 0 Å². The first-order chi connectivity index (χ1) is 12.2. The summed E-state index contributed by atoms with van der Waals surface area (Å²) < 4.78 is 5.63. The number of amides is 1. The monoisotopic (exact) mass is 332 g/mol. The molecule has 3 aromatic rings. The SMILES string of the molecule is C[C@@H](Oc1ccccc1)C(=O)Nc1ccc(Cc2ccncc2)cc1. The molecule has 1 aromatic heterocycles. The number of anilines is 1. The van der Waals surface area contributed by atoms with Crippen LogP contribution in [0.25, 0.3) is 0 Å². The molecular weight excluding hydrogens is 312 g/mol. The Morgan fingerprint density at radius 3 is 2.28 bits per heavy atom. The highest BCUT2D eigenvalue weighted by atomic mass is 16.5. The minimum Gasteiger partial charge on any atom is -0.481 e. The van der Waals surface area contributed by atoms with Crippen LogP contribution in [0.3, 0.4) is 0 Å². The fourth-order valence-corrected chi connectivity index (χ4v) is 2.44. The third-order valence-corrected chi connectivity index (χ3v) is 3.80. The second kappa shape index (κ2) is 8.11. The maximum atomic E-state index is 12.2. The molecule has 2 aromatic carbocycles. The second-order valence-electron chi connectivity index (χ2n) is 5.79. The van der Waals surface area contributed by atoms with E-state index in [9.17, 15) is 4.79 Å². The Balaban J connectivity index is 1.56. The van der Waals surface area contributed by atoms with E-state index < -0.39 is 6.10 Å². The van der Waals surface area contributed by atoms with E-state index in [1.54, 1.807) is 19.3 Å². The van der Waals surface area contributed by atoms with Gasteiger partial charge in [0.1, 0.15) is 5.75 Å². The number of carbonyl (C=O) groups excluding carboxylic acids is 1. The lowest BCUT2D eigenvalue weighted by Gasteiger charge is -2.15. The molecule has 0 aliphatic heterocycles. The molecule has 0 saturated carbocycles. The quantitative estimate of drug-likeness (QED) is 0.740. The third-order valence-electron chi connectivity index (χ3n) is 3.80. The lowest BCUT2D eigenvalue weighted by Crippen LogP contribution is -2.30. The molecule has 0 bridgehead atoms. The van der Waals surface area contributed by atoms with Crippen LogP contribution in [0.4, 0.5) is 5.69 Å². The highest BCUT2D eigenvalue weighted by molar-refractivity contribution is 5.94. The summed E-state index contributed by atoms with van der Waals surface area (Å²) in [6, 6.07) is 21.2. The number of para-hydroxylation sites is 1. The summed E-state index contributed by atoms with van der Waals surface area (Å²) in [6.45, 7) is 1.74. The van der Waals surface area contributed by atoms with E-state index in [2.05, 4.69) is 10.3 Å². The molecule has 0 fully saturated rings. The van der Waals surface area contributed by atoms with Crippen LogP contribution in [0.15, 0.2) is 79.1 Å². The van der Waals surface area contributed by atoms with Crippen molar-refractivity contribution in [2.24, 2.45) is 0 Å². The number of rotatable bonds is 6. The van der Waals surface area contributed by atoms with Crippen LogP contribution in [-0.4, -0.2) is 17.0 Å². The fraction of sp³-hybridized carbons (Fsp3) is 0.143. The van der Waals surface area contributed by atoms with Crippen molar-refractivity contribution in [1.29, 1.82) is 0 Å². The molecule has 0 radical (unpaired) electrons. The zero-order chi connectivity index (χ0) is 17.5. The van der Waals surface area contributed by atoms with Gasteiger partial charge >= 0.3 is 0 Å². The lowest BCUT2D eigenvalue weighted by molar-refractivity contribution is -0.122. The number of hydrogen-bond donors (Lipinski definition) is 1. The van der Waals surface area contributed by atoms with Crippen molar-refractivity contribution in [3.63, 3.8) is 0 Å². The number of carbonyl (C=O) groups is 1. The van der Waals surface area contributed by atoms with Gasteiger partial charge in [-0.1, -0.05) is 30.3 Å². The van der Waals surface area contributed by atoms with Crippen molar-refractivity contribution in [3.05, 3.63) is 90.3 Å². The second-order valence-corrected chi connectivity index (χ2v) is 5.79. The van der Waals surface area contributed by atoms with Gasteiger partial charge in [0.15, 0.2) is 6.10 Å². The van der Waals surface area contributed by atoms with Gasteiger partial charge in [-0.15, -0.1) is 0 Å². The Labute approximate surface area is 147 Å². The maximum Gasteiger partial charge on any atom is 0.265 e. The van der Waals surface area contributed by atoms with E-state index in [-0.39, 0.29) is 5.91 Å². The van der Waals surface area contributed by atoms with Gasteiger partial charge in [0.05, 0.1) is 0 Å². The predicted molar refractivity (Wildman–Crippen MR) is 98.6 cm³/mol. The van der Waals surface area contributed by atoms with Crippen molar-refractivity contribution in [3.8, 4) is 5.75 Å². The third kappa shape index (κ3) is 4.91. The molecule has 3 rings (SSSR count). The standard InChI is InChI=1S/C21H20N2O2/c1-16(25-20-5-3-2-4-6-20)21(24)23-19-9-7-17(8-10-19)15-18-11-13-22-14-12-18/h2-14,16H,15H2,1H3,(H,23,24)/t16-/m1/s1. The number of nitrogens with one attached hydrogen (secondary N) is 1. The average molecular weight is 332 g/mol. The van der Waals surface area contributed by atoms with Crippen LogP contribution < -0.4 is 10.1 Å². The summed E-state index contributed by atoms with van der Waals surface area (Å²) in [5, 5.41) is 2.88. The largest absolute Gasteiger partial charge is 0.481 e. The van der Waals surface area contributed by atoms with Gasteiger partial charge in [-0.3, -0.25) is 9.78 Å². The van der Waals surface area contributed by atoms with Crippen molar-refractivity contribution < 1.29 is 9.53 Å². The molecule has 126 valence electrons. The Morgan fingerprint density at radius 2 is 1.60 bits per heavy atom. The molecule has 1 heterocycles. The molecule has 0 saturated heterocycles. The van der Waals surface area contributed by atoms with Crippen molar-refractivity contribution in [2.75, 3.05) is 5.32 Å². The maximum absolute atomic E-state index is 12.2. The summed E-state index contributed by atoms with van der Waals surface area (Å²) >= 11 is 0. The van der Waals surface area contributed by atoms with Gasteiger partial charge < -0.3 is 10.1 Å². The number of hydrogen-bond acceptors (Lipinski definition) is 3. The molecule has 4 nitrogen and oxygen atoms in total. The van der Waals surface area contributed by atoms with E-state index >= 15 is 0 Å². The van der Waals surface area contributed by atoms with Crippen molar-refractivity contribution in [2.45, 2.75) is 19.4 Å². The highest BCUT2D eigenvalue weighted by Gasteiger charge is 2.14. The van der Waals surface area contributed by atoms with Gasteiger partial charge in [0.25, 0.3) is 5.91 Å². The van der Waals surface area contributed by atoms with E-state index in [0.717, 1.165) is 12.1 Å². The zero-order valence-electron chi connectivity index (χ0n) is 14.1. The summed E-state index contributed by atoms with van der Waals surface area (Å²) in [4.78, 5) is 16.3. The molecular formula is C21H20N2O2. The van der Waals surface area contributed by atoms with Gasteiger partial charge in [0, 0.05) is 18.1 Å². The Kier molecular flexibility index (Phi) is 5.42. The highest BCUT2D eigenvalue weighted by Crippen LogP contribution is 2.15. The Bertz CT molecular complexity index is 802. The first-order valence-corrected chi connectivity index (χ1v) is 8.21. The van der Waals surface area contributed by atoms with Crippen molar-refractivity contribution >= 4 is 11.6 Å². The first-order valence-electron chi connectivity index (χ1n) is 8.21. The van der Waals surface area contributed by atoms with Gasteiger partial charge in [-0.2, -0.15) is 0 Å². The molecule has 1 amide bonds. The molecule has 25 heavy (non-hydrogen) atoms. The van der Waals surface area contributed by atoms with Crippen LogP contribution in [0.5, 0.6) is 5.75 Å². The lowest BCUT2D eigenvalue weighted by atomic mass is 10.1. The number of ether oxygens (including phenoxy) is 1. The summed E-state index contributed by atoms with van der Waals surface area (Å²) in [5.41, 5.74) is 3.14. The minimum atomic E-state index is -0.570. The number of pyridine rings is 1. The summed E-state index contributed by atoms with van der Waals surface area (Å²) in [7, 11) is 0. The number of nitrogens with zero attached hydrogens (tertiary/aromatic N) is 1. The first kappa shape index (κ1) is 16.7. The average Bonchev–Trinajstić information content (AvgIpc) is 2.65. The van der Waals surface area contributed by atoms with Gasteiger partial charge in [0.2, 0.25) is 0 Å². The Hall–Kier alpha value is -3.14. The molecule has 1 atom stereocenters. The smallest absolute Gasteiger partial charge is 0.265 e. The molecule has 0 aliphatic carbocycles. The molecule has 0 unspecified atom stereocenters. The van der Waals surface area contributed by atoms with Crippen LogP contribution in [0, 0.1) is 0 Å². The van der Waals surface area contributed by atoms with E-state index in [4.69, 9.17) is 4.74 Å².